The fraction of sp³-hybridized carbons (Fsp3) is 0.500. The lowest BCUT2D eigenvalue weighted by atomic mass is 9.82. The van der Waals surface area contributed by atoms with Crippen LogP contribution in [0.4, 0.5) is 0 Å². The second kappa shape index (κ2) is 5.85. The summed E-state index contributed by atoms with van der Waals surface area (Å²) in [6.45, 7) is 9.45. The maximum Gasteiger partial charge on any atom is 0.252 e. The molecule has 0 fully saturated rings. The minimum Gasteiger partial charge on any atom is -0.352 e. The Labute approximate surface area is 117 Å². The summed E-state index contributed by atoms with van der Waals surface area (Å²) in [6.07, 6.45) is 0. The molecule has 1 unspecified atom stereocenters. The summed E-state index contributed by atoms with van der Waals surface area (Å²) in [5, 5.41) is 3.00. The molecule has 1 rings (SSSR count). The number of nitrogens with one attached hydrogen (secondary N) is 1. The molecule has 1 atom stereocenters. The molecule has 0 saturated carbocycles. The van der Waals surface area contributed by atoms with Crippen molar-refractivity contribution in [2.75, 3.05) is 6.54 Å². The van der Waals surface area contributed by atoms with Crippen LogP contribution in [0.5, 0.6) is 0 Å². The number of rotatable bonds is 3. The zero-order valence-corrected chi connectivity index (χ0v) is 13.0. The van der Waals surface area contributed by atoms with Gasteiger partial charge in [-0.3, -0.25) is 4.79 Å². The van der Waals surface area contributed by atoms with Crippen LogP contribution >= 0.6 is 22.6 Å². The van der Waals surface area contributed by atoms with E-state index < -0.39 is 0 Å². The Morgan fingerprint density at radius 3 is 2.47 bits per heavy atom. The predicted molar refractivity (Wildman–Crippen MR) is 80.1 cm³/mol. The van der Waals surface area contributed by atoms with Crippen molar-refractivity contribution in [3.05, 3.63) is 33.4 Å². The van der Waals surface area contributed by atoms with E-state index in [-0.39, 0.29) is 11.3 Å². The van der Waals surface area contributed by atoms with Crippen LogP contribution in [0.15, 0.2) is 24.3 Å². The van der Waals surface area contributed by atoms with E-state index in [1.807, 2.05) is 24.3 Å². The molecule has 0 aromatic heterocycles. The van der Waals surface area contributed by atoms with E-state index in [9.17, 15) is 4.79 Å². The van der Waals surface area contributed by atoms with Crippen LogP contribution < -0.4 is 5.32 Å². The summed E-state index contributed by atoms with van der Waals surface area (Å²) in [7, 11) is 0. The van der Waals surface area contributed by atoms with Crippen molar-refractivity contribution in [1.82, 2.24) is 5.32 Å². The van der Waals surface area contributed by atoms with Crippen molar-refractivity contribution >= 4 is 28.5 Å². The zero-order chi connectivity index (χ0) is 13.1. The molecule has 1 amide bonds. The summed E-state index contributed by atoms with van der Waals surface area (Å²) in [4.78, 5) is 12.0. The molecule has 0 saturated heterocycles. The Balaban J connectivity index is 2.60. The number of hydrogen-bond donors (Lipinski definition) is 1. The minimum absolute atomic E-state index is 0.0195. The summed E-state index contributed by atoms with van der Waals surface area (Å²) in [5.41, 5.74) is 0.978. The fourth-order valence-electron chi connectivity index (χ4n) is 1.29. The lowest BCUT2D eigenvalue weighted by molar-refractivity contribution is 0.0936. The molecule has 0 aliphatic rings. The van der Waals surface area contributed by atoms with Crippen LogP contribution in [0.25, 0.3) is 0 Å². The highest BCUT2D eigenvalue weighted by atomic mass is 127. The van der Waals surface area contributed by atoms with Gasteiger partial charge >= 0.3 is 0 Å². The Morgan fingerprint density at radius 2 is 1.94 bits per heavy atom. The van der Waals surface area contributed by atoms with Crippen LogP contribution in [0.3, 0.4) is 0 Å². The summed E-state index contributed by atoms with van der Waals surface area (Å²) >= 11 is 2.19. The maximum absolute atomic E-state index is 12.0. The minimum atomic E-state index is 0.0195. The van der Waals surface area contributed by atoms with Crippen LogP contribution in [-0.4, -0.2) is 12.5 Å². The second-order valence-electron chi connectivity index (χ2n) is 5.46. The number of carbonyl (C=O) groups is 1. The van der Waals surface area contributed by atoms with Gasteiger partial charge in [-0.05, 0) is 46.1 Å². The molecule has 0 heterocycles. The highest BCUT2D eigenvalue weighted by molar-refractivity contribution is 14.1. The Kier molecular flexibility index (Phi) is 4.98. The molecule has 1 aromatic rings. The van der Waals surface area contributed by atoms with Gasteiger partial charge in [-0.15, -0.1) is 0 Å². The van der Waals surface area contributed by atoms with Gasteiger partial charge in [0.1, 0.15) is 0 Å². The van der Waals surface area contributed by atoms with Gasteiger partial charge in [0, 0.05) is 10.1 Å². The molecule has 2 nitrogen and oxygen atoms in total. The highest BCUT2D eigenvalue weighted by Crippen LogP contribution is 2.24. The monoisotopic (exact) mass is 345 g/mol. The standard InChI is InChI=1S/C14H20INO/c1-10(14(2,3)4)9-16-13(17)11-7-5-6-8-12(11)15/h5-8,10H,9H2,1-4H3,(H,16,17). The lowest BCUT2D eigenvalue weighted by Gasteiger charge is -2.27. The van der Waals surface area contributed by atoms with E-state index in [0.29, 0.717) is 12.5 Å². The van der Waals surface area contributed by atoms with Gasteiger partial charge in [-0.1, -0.05) is 39.8 Å². The van der Waals surface area contributed by atoms with Crippen molar-refractivity contribution in [3.8, 4) is 0 Å². The normalized spacial score (nSPS) is 13.2. The quantitative estimate of drug-likeness (QED) is 0.832. The molecule has 1 N–H and O–H groups in total. The van der Waals surface area contributed by atoms with Gasteiger partial charge < -0.3 is 5.32 Å². The van der Waals surface area contributed by atoms with Crippen molar-refractivity contribution in [3.63, 3.8) is 0 Å². The van der Waals surface area contributed by atoms with Gasteiger partial charge in [0.2, 0.25) is 0 Å². The van der Waals surface area contributed by atoms with Gasteiger partial charge in [0.05, 0.1) is 5.56 Å². The second-order valence-corrected chi connectivity index (χ2v) is 6.62. The molecule has 3 heteroatoms. The molecular formula is C14H20INO. The third kappa shape index (κ3) is 4.30. The van der Waals surface area contributed by atoms with Gasteiger partial charge in [0.25, 0.3) is 5.91 Å². The molecule has 0 radical (unpaired) electrons. The average Bonchev–Trinajstić information content (AvgIpc) is 2.24. The van der Waals surface area contributed by atoms with Gasteiger partial charge in [-0.25, -0.2) is 0 Å². The SMILES string of the molecule is CC(CNC(=O)c1ccccc1I)C(C)(C)C. The summed E-state index contributed by atoms with van der Waals surface area (Å²) in [6, 6.07) is 7.64. The third-order valence-electron chi connectivity index (χ3n) is 3.17. The van der Waals surface area contributed by atoms with Crippen molar-refractivity contribution < 1.29 is 4.79 Å². The van der Waals surface area contributed by atoms with Crippen molar-refractivity contribution in [1.29, 1.82) is 0 Å². The molecular weight excluding hydrogens is 325 g/mol. The van der Waals surface area contributed by atoms with E-state index in [0.717, 1.165) is 9.13 Å². The van der Waals surface area contributed by atoms with Crippen molar-refractivity contribution in [2.24, 2.45) is 11.3 Å². The average molecular weight is 345 g/mol. The molecule has 0 aliphatic carbocycles. The molecule has 94 valence electrons. The largest absolute Gasteiger partial charge is 0.352 e. The lowest BCUT2D eigenvalue weighted by Crippen LogP contribution is -2.33. The van der Waals surface area contributed by atoms with E-state index in [1.54, 1.807) is 0 Å². The van der Waals surface area contributed by atoms with E-state index >= 15 is 0 Å². The van der Waals surface area contributed by atoms with E-state index in [2.05, 4.69) is 55.6 Å². The first-order valence-electron chi connectivity index (χ1n) is 5.85. The number of hydrogen-bond acceptors (Lipinski definition) is 1. The smallest absolute Gasteiger partial charge is 0.252 e. The summed E-state index contributed by atoms with van der Waals surface area (Å²) in [5.74, 6) is 0.471. The number of amides is 1. The first-order valence-corrected chi connectivity index (χ1v) is 6.93. The Hall–Kier alpha value is -0.580. The number of benzene rings is 1. The predicted octanol–water partition coefficient (Wildman–Crippen LogP) is 3.70. The zero-order valence-electron chi connectivity index (χ0n) is 10.9. The van der Waals surface area contributed by atoms with Crippen LogP contribution in [0.1, 0.15) is 38.1 Å². The molecule has 1 aromatic carbocycles. The van der Waals surface area contributed by atoms with Crippen LogP contribution in [0.2, 0.25) is 0 Å². The third-order valence-corrected chi connectivity index (χ3v) is 4.11. The fourth-order valence-corrected chi connectivity index (χ4v) is 1.92. The van der Waals surface area contributed by atoms with Crippen LogP contribution in [0, 0.1) is 14.9 Å². The van der Waals surface area contributed by atoms with Gasteiger partial charge in [0.15, 0.2) is 0 Å². The number of carbonyl (C=O) groups excluding carboxylic acids is 1. The molecule has 0 spiro atoms. The number of halogens is 1. The van der Waals surface area contributed by atoms with Gasteiger partial charge in [-0.2, -0.15) is 0 Å². The van der Waals surface area contributed by atoms with E-state index in [1.165, 1.54) is 0 Å². The molecule has 0 bridgehead atoms. The summed E-state index contributed by atoms with van der Waals surface area (Å²) < 4.78 is 0.992. The first-order chi connectivity index (χ1) is 7.82. The van der Waals surface area contributed by atoms with Crippen molar-refractivity contribution in [2.45, 2.75) is 27.7 Å². The highest BCUT2D eigenvalue weighted by Gasteiger charge is 2.20. The van der Waals surface area contributed by atoms with Crippen LogP contribution in [-0.2, 0) is 0 Å². The first kappa shape index (κ1) is 14.5. The topological polar surface area (TPSA) is 29.1 Å². The molecule has 0 aliphatic heterocycles. The maximum atomic E-state index is 12.0. The Bertz CT molecular complexity index is 395. The Morgan fingerprint density at radius 1 is 1.35 bits per heavy atom. The molecule has 17 heavy (non-hydrogen) atoms. The van der Waals surface area contributed by atoms with E-state index in [4.69, 9.17) is 0 Å².